The van der Waals surface area contributed by atoms with Crippen molar-refractivity contribution in [2.24, 2.45) is 17.2 Å². The molecule has 0 radical (unpaired) electrons. The largest absolute Gasteiger partial charge is 0.481 e. The Morgan fingerprint density at radius 2 is 1.10 bits per heavy atom. The van der Waals surface area contributed by atoms with E-state index in [1.54, 1.807) is 53.2 Å². The first-order valence-corrected chi connectivity index (χ1v) is 24.0. The SMILES string of the molecule is CC(C)(C)OC(=O)N[C@H]1COCC[C@H]1N.COc1nc(Nc2cc(Cl)nnc2C(N)=O)ccc1C(C)C.COc1nc(Nc2cc(N[C@@H]3CCOC[C@@H]3NC(=O)OC(C)(C)C)nnc2C(N)=O)ccc1C(C)C. The quantitative estimate of drug-likeness (QED) is 0.0710. The van der Waals surface area contributed by atoms with Crippen molar-refractivity contribution in [1.29, 1.82) is 0 Å². The van der Waals surface area contributed by atoms with E-state index >= 15 is 0 Å². The van der Waals surface area contributed by atoms with Crippen LogP contribution in [0.2, 0.25) is 5.15 Å². The summed E-state index contributed by atoms with van der Waals surface area (Å²) in [6, 6.07) is 9.68. The highest BCUT2D eigenvalue weighted by Gasteiger charge is 2.30. The number of aromatic nitrogens is 6. The van der Waals surface area contributed by atoms with Crippen LogP contribution in [0.3, 0.4) is 0 Å². The summed E-state index contributed by atoms with van der Waals surface area (Å²) in [5.41, 5.74) is 18.1. The number of ether oxygens (including phenoxy) is 6. The average Bonchev–Trinajstić information content (AvgIpc) is 3.29. The first kappa shape index (κ1) is 58.7. The number of nitrogens with one attached hydrogen (secondary N) is 5. The Labute approximate surface area is 430 Å². The van der Waals surface area contributed by atoms with Crippen LogP contribution >= 0.6 is 11.6 Å². The second-order valence-electron chi connectivity index (χ2n) is 19.4. The third kappa shape index (κ3) is 18.9. The molecule has 0 aromatic carbocycles. The Morgan fingerprint density at radius 1 is 0.644 bits per heavy atom. The summed E-state index contributed by atoms with van der Waals surface area (Å²) in [6.07, 6.45) is 0.402. The number of nitrogens with two attached hydrogens (primary N) is 3. The normalized spacial score (nSPS) is 17.6. The van der Waals surface area contributed by atoms with Gasteiger partial charge >= 0.3 is 12.2 Å². The number of hydrogen-bond donors (Lipinski definition) is 8. The summed E-state index contributed by atoms with van der Waals surface area (Å²) in [6.45, 7) is 21.0. The van der Waals surface area contributed by atoms with Gasteiger partial charge in [0.15, 0.2) is 22.4 Å². The van der Waals surface area contributed by atoms with Gasteiger partial charge in [-0.05, 0) is 90.5 Å². The van der Waals surface area contributed by atoms with Crippen molar-refractivity contribution in [2.75, 3.05) is 56.6 Å². The lowest BCUT2D eigenvalue weighted by molar-refractivity contribution is 0.0297. The maximum Gasteiger partial charge on any atom is 0.408 e. The molecule has 0 saturated carbocycles. The average molecular weight is 1040 g/mol. The Balaban J connectivity index is 0.000000264. The number of amides is 4. The Kier molecular flexibility index (Phi) is 21.5. The highest BCUT2D eigenvalue weighted by molar-refractivity contribution is 6.29. The van der Waals surface area contributed by atoms with Crippen LogP contribution in [0.5, 0.6) is 11.8 Å². The maximum atomic E-state index is 12.3. The molecule has 0 aliphatic carbocycles. The standard InChI is InChI=1S/C24H35N7O5.C14H16ClN5O2.C10H20N2O3/c1-13(2)14-7-8-18(29-22(14)34-6)27-16-11-19(30-31-20(16)21(25)32)26-15-9-10-35-12-17(15)28-23(33)36-24(3,4)5;1-7(2)8-4-5-11(18-14(8)22-3)17-9-6-10(15)19-20-12(9)13(16)21;1-10(2,3)15-9(13)12-8-6-14-5-4-7(8)11/h7-8,11,13,15,17H,9-10,12H2,1-6H3,(H2,25,32)(H,28,33)(H2,26,27,29,30);4-7H,1-3H3,(H2,16,21)(H,17,18,19);7-8H,4-6,11H2,1-3H3,(H,12,13)/t15-,17+;;7-,8+/m1.1/s1. The number of hydrogen-bond acceptors (Lipinski definition) is 20. The third-order valence-electron chi connectivity index (χ3n) is 10.5. The lowest BCUT2D eigenvalue weighted by atomic mass is 10.0. The van der Waals surface area contributed by atoms with E-state index in [0.717, 1.165) is 17.5 Å². The monoisotopic (exact) mass is 1040 g/mol. The number of methoxy groups -OCH3 is 2. The minimum absolute atomic E-state index is 0.0156. The van der Waals surface area contributed by atoms with Crippen LogP contribution in [0.25, 0.3) is 0 Å². The first-order chi connectivity index (χ1) is 34.3. The lowest BCUT2D eigenvalue weighted by Crippen LogP contribution is -2.54. The topological polar surface area (TPSA) is 339 Å². The van der Waals surface area contributed by atoms with Gasteiger partial charge in [-0.1, -0.05) is 39.3 Å². The molecule has 11 N–H and O–H groups in total. The maximum absolute atomic E-state index is 12.3. The van der Waals surface area contributed by atoms with Gasteiger partial charge in [0, 0.05) is 42.5 Å². The molecule has 2 aliphatic heterocycles. The Morgan fingerprint density at radius 3 is 1.55 bits per heavy atom. The number of pyridine rings is 2. The third-order valence-corrected chi connectivity index (χ3v) is 10.6. The summed E-state index contributed by atoms with van der Waals surface area (Å²) >= 11 is 5.80. The van der Waals surface area contributed by atoms with Crippen LogP contribution < -0.4 is 53.3 Å². The van der Waals surface area contributed by atoms with Gasteiger partial charge in [0.2, 0.25) is 11.8 Å². The molecule has 2 aliphatic rings. The van der Waals surface area contributed by atoms with Crippen LogP contribution in [0, 0.1) is 0 Å². The molecule has 400 valence electrons. The predicted octanol–water partition coefficient (Wildman–Crippen LogP) is 6.07. The van der Waals surface area contributed by atoms with Crippen molar-refractivity contribution in [3.05, 3.63) is 64.1 Å². The number of carbonyl (C=O) groups excluding carboxylic acids is 4. The summed E-state index contributed by atoms with van der Waals surface area (Å²) in [5, 5.41) is 30.4. The molecule has 6 heterocycles. The highest BCUT2D eigenvalue weighted by atomic mass is 35.5. The van der Waals surface area contributed by atoms with Gasteiger partial charge in [-0.15, -0.1) is 20.4 Å². The second-order valence-corrected chi connectivity index (χ2v) is 19.8. The molecule has 4 atom stereocenters. The molecule has 25 heteroatoms. The fraction of sp³-hybridized carbons (Fsp3) is 0.542. The number of carbonyl (C=O) groups is 4. The molecule has 6 rings (SSSR count). The van der Waals surface area contributed by atoms with Gasteiger partial charge in [0.25, 0.3) is 11.8 Å². The van der Waals surface area contributed by atoms with Crippen molar-refractivity contribution < 1.29 is 47.6 Å². The van der Waals surface area contributed by atoms with Crippen molar-refractivity contribution in [1.82, 2.24) is 41.0 Å². The second kappa shape index (κ2) is 26.7. The van der Waals surface area contributed by atoms with E-state index in [4.69, 9.17) is 57.2 Å². The molecule has 73 heavy (non-hydrogen) atoms. The summed E-state index contributed by atoms with van der Waals surface area (Å²) in [5.74, 6) is 1.35. The molecule has 4 aromatic heterocycles. The van der Waals surface area contributed by atoms with Gasteiger partial charge in [0.05, 0.1) is 56.9 Å². The molecule has 4 aromatic rings. The van der Waals surface area contributed by atoms with E-state index in [1.165, 1.54) is 6.07 Å². The number of primary amides is 2. The molecular weight excluding hydrogens is 968 g/mol. The number of anilines is 5. The van der Waals surface area contributed by atoms with E-state index in [-0.39, 0.29) is 52.5 Å². The fourth-order valence-electron chi connectivity index (χ4n) is 6.97. The van der Waals surface area contributed by atoms with Crippen molar-refractivity contribution in [2.45, 2.75) is 129 Å². The van der Waals surface area contributed by atoms with Crippen LogP contribution in [0.4, 0.5) is 38.4 Å². The van der Waals surface area contributed by atoms with Crippen molar-refractivity contribution >= 4 is 64.4 Å². The molecule has 2 fully saturated rings. The van der Waals surface area contributed by atoms with Crippen LogP contribution in [0.1, 0.15) is 126 Å². The van der Waals surface area contributed by atoms with Gasteiger partial charge < -0.3 is 72.2 Å². The molecule has 0 spiro atoms. The minimum Gasteiger partial charge on any atom is -0.481 e. The smallest absolute Gasteiger partial charge is 0.408 e. The molecular formula is C48H71ClN14O10. The van der Waals surface area contributed by atoms with Crippen LogP contribution in [0.15, 0.2) is 36.4 Å². The van der Waals surface area contributed by atoms with Gasteiger partial charge in [-0.3, -0.25) is 9.59 Å². The Bertz CT molecular complexity index is 2510. The summed E-state index contributed by atoms with van der Waals surface area (Å²) < 4.78 is 32.0. The van der Waals surface area contributed by atoms with Crippen LogP contribution in [-0.4, -0.2) is 130 Å². The fourth-order valence-corrected chi connectivity index (χ4v) is 7.12. The summed E-state index contributed by atoms with van der Waals surface area (Å²) in [4.78, 5) is 56.0. The molecule has 4 amide bonds. The zero-order valence-corrected chi connectivity index (χ0v) is 44.3. The zero-order chi connectivity index (χ0) is 54.2. The predicted molar refractivity (Wildman–Crippen MR) is 275 cm³/mol. The zero-order valence-electron chi connectivity index (χ0n) is 43.5. The van der Waals surface area contributed by atoms with Crippen LogP contribution in [-0.2, 0) is 18.9 Å². The minimum atomic E-state index is -0.738. The van der Waals surface area contributed by atoms with E-state index in [1.807, 2.05) is 60.6 Å². The van der Waals surface area contributed by atoms with Crippen molar-refractivity contribution in [3.8, 4) is 11.8 Å². The number of alkyl carbamates (subject to hydrolysis) is 2. The Hall–Kier alpha value is -6.89. The van der Waals surface area contributed by atoms with E-state index in [2.05, 4.69) is 56.9 Å². The van der Waals surface area contributed by atoms with Gasteiger partial charge in [-0.25, -0.2) is 9.59 Å². The molecule has 0 unspecified atom stereocenters. The van der Waals surface area contributed by atoms with E-state index < -0.39 is 35.2 Å². The van der Waals surface area contributed by atoms with Gasteiger partial charge in [0.1, 0.15) is 22.8 Å². The molecule has 0 bridgehead atoms. The van der Waals surface area contributed by atoms with E-state index in [9.17, 15) is 19.2 Å². The molecule has 2 saturated heterocycles. The highest BCUT2D eigenvalue weighted by Crippen LogP contribution is 2.30. The van der Waals surface area contributed by atoms with E-state index in [0.29, 0.717) is 73.4 Å². The summed E-state index contributed by atoms with van der Waals surface area (Å²) in [7, 11) is 3.11. The van der Waals surface area contributed by atoms with Gasteiger partial charge in [-0.2, -0.15) is 9.97 Å². The number of rotatable bonds is 14. The molecule has 24 nitrogen and oxygen atoms in total. The number of nitrogens with zero attached hydrogens (tertiary/aromatic N) is 6. The van der Waals surface area contributed by atoms with Crippen molar-refractivity contribution in [3.63, 3.8) is 0 Å². The first-order valence-electron chi connectivity index (χ1n) is 23.6. The number of halogens is 1. The lowest BCUT2D eigenvalue weighted by Gasteiger charge is -2.33.